The van der Waals surface area contributed by atoms with E-state index in [1.165, 1.54) is 12.1 Å². The predicted molar refractivity (Wildman–Crippen MR) is 87.4 cm³/mol. The quantitative estimate of drug-likeness (QED) is 0.489. The number of hydrazone groups is 1. The lowest BCUT2D eigenvalue weighted by Crippen LogP contribution is -2.33. The van der Waals surface area contributed by atoms with Crippen molar-refractivity contribution in [1.82, 2.24) is 5.43 Å². The topological polar surface area (TPSA) is 107 Å². The predicted octanol–water partition coefficient (Wildman–Crippen LogP) is 3.07. The number of hydrogen-bond donors (Lipinski definition) is 1. The number of nitrogens with zero attached hydrogens (tertiary/aromatic N) is 2. The Morgan fingerprint density at radius 1 is 1.46 bits per heavy atom. The van der Waals surface area contributed by atoms with Gasteiger partial charge in [0.1, 0.15) is 10.7 Å². The Morgan fingerprint density at radius 3 is 2.83 bits per heavy atom. The minimum absolute atomic E-state index is 0.143. The highest BCUT2D eigenvalue weighted by Crippen LogP contribution is 2.22. The molecule has 0 aliphatic heterocycles. The molecule has 24 heavy (non-hydrogen) atoms. The number of amides is 1. The molecule has 0 fully saturated rings. The van der Waals surface area contributed by atoms with Crippen LogP contribution in [-0.2, 0) is 4.79 Å². The van der Waals surface area contributed by atoms with Gasteiger partial charge < -0.3 is 9.15 Å². The largest absolute Gasteiger partial charge is 0.481 e. The van der Waals surface area contributed by atoms with Gasteiger partial charge in [-0.1, -0.05) is 11.6 Å². The molecule has 2 rings (SSSR count). The molecular formula is C15H14ClN3O5. The molecule has 0 saturated heterocycles. The van der Waals surface area contributed by atoms with Crippen molar-refractivity contribution in [2.75, 3.05) is 0 Å². The second kappa shape index (κ2) is 7.60. The maximum atomic E-state index is 11.9. The van der Waals surface area contributed by atoms with E-state index in [9.17, 15) is 14.9 Å². The van der Waals surface area contributed by atoms with Crippen LogP contribution in [-0.4, -0.2) is 23.1 Å². The highest BCUT2D eigenvalue weighted by molar-refractivity contribution is 6.30. The van der Waals surface area contributed by atoms with E-state index in [-0.39, 0.29) is 5.76 Å². The Hall–Kier alpha value is -2.87. The van der Waals surface area contributed by atoms with E-state index in [1.54, 1.807) is 25.1 Å². The van der Waals surface area contributed by atoms with Crippen LogP contribution in [0.15, 0.2) is 39.9 Å². The first-order valence-electron chi connectivity index (χ1n) is 6.87. The van der Waals surface area contributed by atoms with Crippen LogP contribution in [0.4, 0.5) is 5.88 Å². The third kappa shape index (κ3) is 4.56. The Kier molecular flexibility index (Phi) is 5.54. The fourth-order valence-electron chi connectivity index (χ4n) is 1.75. The van der Waals surface area contributed by atoms with Crippen LogP contribution in [0.1, 0.15) is 18.2 Å². The number of nitro groups is 1. The van der Waals surface area contributed by atoms with E-state index < -0.39 is 22.8 Å². The zero-order valence-corrected chi connectivity index (χ0v) is 13.6. The minimum Gasteiger partial charge on any atom is -0.481 e. The highest BCUT2D eigenvalue weighted by atomic mass is 35.5. The molecule has 0 radical (unpaired) electrons. The molecule has 1 unspecified atom stereocenters. The van der Waals surface area contributed by atoms with Gasteiger partial charge in [0, 0.05) is 5.02 Å². The summed E-state index contributed by atoms with van der Waals surface area (Å²) in [6.45, 7) is 3.38. The van der Waals surface area contributed by atoms with Crippen molar-refractivity contribution < 1.29 is 18.9 Å². The summed E-state index contributed by atoms with van der Waals surface area (Å²) in [5.74, 6) is -0.212. The van der Waals surface area contributed by atoms with Crippen molar-refractivity contribution in [2.24, 2.45) is 5.10 Å². The van der Waals surface area contributed by atoms with Gasteiger partial charge in [-0.15, -0.1) is 0 Å². The third-order valence-corrected chi connectivity index (χ3v) is 3.20. The maximum absolute atomic E-state index is 11.9. The molecule has 1 heterocycles. The number of nitrogens with one attached hydrogen (secondary N) is 1. The van der Waals surface area contributed by atoms with E-state index in [1.807, 2.05) is 6.92 Å². The van der Waals surface area contributed by atoms with Gasteiger partial charge in [0.25, 0.3) is 5.91 Å². The molecule has 1 aromatic carbocycles. The lowest BCUT2D eigenvalue weighted by atomic mass is 10.2. The number of carbonyl (C=O) groups is 1. The van der Waals surface area contributed by atoms with Crippen LogP contribution >= 0.6 is 11.6 Å². The lowest BCUT2D eigenvalue weighted by molar-refractivity contribution is -0.402. The number of rotatable bonds is 6. The summed E-state index contributed by atoms with van der Waals surface area (Å²) in [5, 5.41) is 14.7. The van der Waals surface area contributed by atoms with Gasteiger partial charge >= 0.3 is 5.88 Å². The number of hydrogen-bond acceptors (Lipinski definition) is 6. The van der Waals surface area contributed by atoms with Crippen molar-refractivity contribution >= 4 is 29.6 Å². The first-order valence-corrected chi connectivity index (χ1v) is 7.24. The highest BCUT2D eigenvalue weighted by Gasteiger charge is 2.15. The fourth-order valence-corrected chi connectivity index (χ4v) is 1.98. The van der Waals surface area contributed by atoms with Crippen LogP contribution in [0.2, 0.25) is 5.02 Å². The molecule has 9 heteroatoms. The summed E-state index contributed by atoms with van der Waals surface area (Å²) < 4.78 is 10.4. The summed E-state index contributed by atoms with van der Waals surface area (Å²) >= 11 is 5.86. The summed E-state index contributed by atoms with van der Waals surface area (Å²) in [4.78, 5) is 21.7. The molecule has 1 amide bonds. The van der Waals surface area contributed by atoms with Crippen LogP contribution in [0.25, 0.3) is 0 Å². The van der Waals surface area contributed by atoms with Gasteiger partial charge in [-0.25, -0.2) is 5.43 Å². The van der Waals surface area contributed by atoms with Gasteiger partial charge in [0.2, 0.25) is 0 Å². The van der Waals surface area contributed by atoms with E-state index >= 15 is 0 Å². The van der Waals surface area contributed by atoms with Gasteiger partial charge in [-0.05, 0) is 43.7 Å². The SMILES string of the molecule is Cc1cc(Cl)ccc1OC(C)C(=O)NN=Cc1ccc([N+](=O)[O-])o1. The van der Waals surface area contributed by atoms with Crippen molar-refractivity contribution in [1.29, 1.82) is 0 Å². The number of ether oxygens (including phenoxy) is 1. The smallest absolute Gasteiger partial charge is 0.433 e. The molecular weight excluding hydrogens is 338 g/mol. The molecule has 1 N–H and O–H groups in total. The Bertz CT molecular complexity index is 787. The van der Waals surface area contributed by atoms with Crippen LogP contribution in [0.5, 0.6) is 5.75 Å². The third-order valence-electron chi connectivity index (χ3n) is 2.97. The molecule has 0 saturated carbocycles. The van der Waals surface area contributed by atoms with E-state index in [2.05, 4.69) is 10.5 Å². The summed E-state index contributed by atoms with van der Waals surface area (Å²) in [5.41, 5.74) is 3.07. The van der Waals surface area contributed by atoms with Gasteiger partial charge in [-0.2, -0.15) is 5.10 Å². The van der Waals surface area contributed by atoms with Crippen LogP contribution in [0.3, 0.4) is 0 Å². The van der Waals surface area contributed by atoms with Crippen molar-refractivity contribution in [3.63, 3.8) is 0 Å². The van der Waals surface area contributed by atoms with E-state index in [0.717, 1.165) is 11.8 Å². The summed E-state index contributed by atoms with van der Waals surface area (Å²) in [6.07, 6.45) is 0.360. The van der Waals surface area contributed by atoms with E-state index in [0.29, 0.717) is 10.8 Å². The zero-order valence-electron chi connectivity index (χ0n) is 12.9. The molecule has 1 aromatic heterocycles. The molecule has 2 aromatic rings. The van der Waals surface area contributed by atoms with Gasteiger partial charge in [-0.3, -0.25) is 14.9 Å². The molecule has 8 nitrogen and oxygen atoms in total. The van der Waals surface area contributed by atoms with Crippen molar-refractivity contribution in [3.8, 4) is 5.75 Å². The summed E-state index contributed by atoms with van der Waals surface area (Å²) in [7, 11) is 0. The average molecular weight is 352 g/mol. The lowest BCUT2D eigenvalue weighted by Gasteiger charge is -2.14. The number of carbonyl (C=O) groups excluding carboxylic acids is 1. The van der Waals surface area contributed by atoms with Gasteiger partial charge in [0.05, 0.1) is 12.3 Å². The Morgan fingerprint density at radius 2 is 2.21 bits per heavy atom. The minimum atomic E-state index is -0.798. The average Bonchev–Trinajstić information content (AvgIpc) is 2.99. The number of benzene rings is 1. The molecule has 126 valence electrons. The van der Waals surface area contributed by atoms with E-state index in [4.69, 9.17) is 20.8 Å². The maximum Gasteiger partial charge on any atom is 0.433 e. The zero-order chi connectivity index (χ0) is 17.7. The molecule has 0 bridgehead atoms. The molecule has 0 aliphatic carbocycles. The normalized spacial score (nSPS) is 12.1. The monoisotopic (exact) mass is 351 g/mol. The van der Waals surface area contributed by atoms with Crippen LogP contribution in [0, 0.1) is 17.0 Å². The molecule has 1 atom stereocenters. The van der Waals surface area contributed by atoms with Crippen molar-refractivity contribution in [3.05, 3.63) is 56.8 Å². The standard InChI is InChI=1S/C15H14ClN3O5/c1-9-7-11(16)3-5-13(9)23-10(2)15(20)18-17-8-12-4-6-14(24-12)19(21)22/h3-8,10H,1-2H3,(H,18,20). The molecule has 0 aliphatic rings. The second-order valence-corrected chi connectivity index (χ2v) is 5.27. The number of halogens is 1. The Balaban J connectivity index is 1.91. The second-order valence-electron chi connectivity index (χ2n) is 4.84. The van der Waals surface area contributed by atoms with Crippen LogP contribution < -0.4 is 10.2 Å². The first-order chi connectivity index (χ1) is 11.4. The Labute approximate surface area is 142 Å². The number of furan rings is 1. The van der Waals surface area contributed by atoms with Crippen molar-refractivity contribution in [2.45, 2.75) is 20.0 Å². The first kappa shape index (κ1) is 17.5. The van der Waals surface area contributed by atoms with Gasteiger partial charge in [0.15, 0.2) is 11.9 Å². The summed E-state index contributed by atoms with van der Waals surface area (Å²) in [6, 6.07) is 7.62. The fraction of sp³-hybridized carbons (Fsp3) is 0.200. The molecule has 0 spiro atoms. The number of aryl methyl sites for hydroxylation is 1.